The molecule has 2 unspecified atom stereocenters. The van der Waals surface area contributed by atoms with Crippen molar-refractivity contribution in [1.82, 2.24) is 15.6 Å². The van der Waals surface area contributed by atoms with Gasteiger partial charge in [0.25, 0.3) is 0 Å². The van der Waals surface area contributed by atoms with Crippen LogP contribution in [0, 0.1) is 0 Å². The van der Waals surface area contributed by atoms with Crippen molar-refractivity contribution < 1.29 is 0 Å². The van der Waals surface area contributed by atoms with E-state index < -0.39 is 0 Å². The van der Waals surface area contributed by atoms with E-state index in [-0.39, 0.29) is 0 Å². The lowest BCUT2D eigenvalue weighted by molar-refractivity contribution is 0.294. The van der Waals surface area contributed by atoms with Crippen molar-refractivity contribution in [3.8, 4) is 0 Å². The molecular weight excluding hydrogens is 198 g/mol. The van der Waals surface area contributed by atoms with Crippen molar-refractivity contribution in [2.75, 3.05) is 7.05 Å². The highest BCUT2D eigenvalue weighted by atomic mass is 15.0. The van der Waals surface area contributed by atoms with Gasteiger partial charge >= 0.3 is 0 Å². The zero-order valence-electron chi connectivity index (χ0n) is 9.95. The third-order valence-corrected chi connectivity index (χ3v) is 3.43. The van der Waals surface area contributed by atoms with Gasteiger partial charge in [0.1, 0.15) is 0 Å². The fourth-order valence-corrected chi connectivity index (χ4v) is 2.47. The largest absolute Gasteiger partial charge is 0.315 e. The van der Waals surface area contributed by atoms with Crippen LogP contribution in [0.1, 0.15) is 31.2 Å². The Morgan fingerprint density at radius 3 is 2.81 bits per heavy atom. The lowest BCUT2D eigenvalue weighted by atomic mass is 9.90. The van der Waals surface area contributed by atoms with Gasteiger partial charge in [0.2, 0.25) is 0 Å². The van der Waals surface area contributed by atoms with Crippen LogP contribution in [0.2, 0.25) is 0 Å². The van der Waals surface area contributed by atoms with E-state index in [1.54, 1.807) is 0 Å². The maximum atomic E-state index is 4.13. The van der Waals surface area contributed by atoms with Gasteiger partial charge in [-0.3, -0.25) is 4.98 Å². The van der Waals surface area contributed by atoms with Crippen LogP contribution in [-0.2, 0) is 6.54 Å². The number of nitrogens with zero attached hydrogens (tertiary/aromatic N) is 1. The van der Waals surface area contributed by atoms with Crippen LogP contribution >= 0.6 is 0 Å². The van der Waals surface area contributed by atoms with Crippen LogP contribution in [0.5, 0.6) is 0 Å². The lowest BCUT2D eigenvalue weighted by Crippen LogP contribution is -2.48. The van der Waals surface area contributed by atoms with Crippen molar-refractivity contribution in [2.24, 2.45) is 0 Å². The molecule has 16 heavy (non-hydrogen) atoms. The summed E-state index contributed by atoms with van der Waals surface area (Å²) >= 11 is 0. The monoisotopic (exact) mass is 219 g/mol. The fraction of sp³-hybridized carbons (Fsp3) is 0.615. The fourth-order valence-electron chi connectivity index (χ4n) is 2.47. The maximum Gasteiger partial charge on any atom is 0.0312 e. The first-order valence-corrected chi connectivity index (χ1v) is 6.19. The molecule has 1 fully saturated rings. The van der Waals surface area contributed by atoms with Crippen molar-refractivity contribution in [3.63, 3.8) is 0 Å². The van der Waals surface area contributed by atoms with Gasteiger partial charge in [-0.15, -0.1) is 0 Å². The standard InChI is InChI=1S/C13H21N3/c1-14-12-6-2-3-7-13(12)16-10-11-5-4-8-15-9-11/h4-5,8-9,12-14,16H,2-3,6-7,10H2,1H3. The summed E-state index contributed by atoms with van der Waals surface area (Å²) < 4.78 is 0. The Balaban J connectivity index is 1.84. The van der Waals surface area contributed by atoms with Crippen LogP contribution < -0.4 is 10.6 Å². The zero-order chi connectivity index (χ0) is 11.2. The molecule has 88 valence electrons. The third-order valence-electron chi connectivity index (χ3n) is 3.43. The first kappa shape index (κ1) is 11.6. The van der Waals surface area contributed by atoms with E-state index in [4.69, 9.17) is 0 Å². The molecule has 3 nitrogen and oxygen atoms in total. The van der Waals surface area contributed by atoms with Gasteiger partial charge in [-0.05, 0) is 31.5 Å². The quantitative estimate of drug-likeness (QED) is 0.809. The summed E-state index contributed by atoms with van der Waals surface area (Å²) in [6.07, 6.45) is 9.04. The Hall–Kier alpha value is -0.930. The minimum Gasteiger partial charge on any atom is -0.315 e. The molecule has 0 aliphatic heterocycles. The molecule has 1 heterocycles. The van der Waals surface area contributed by atoms with Gasteiger partial charge in [-0.1, -0.05) is 18.9 Å². The highest BCUT2D eigenvalue weighted by Gasteiger charge is 2.22. The van der Waals surface area contributed by atoms with E-state index in [2.05, 4.69) is 28.7 Å². The first-order chi connectivity index (χ1) is 7.90. The highest BCUT2D eigenvalue weighted by molar-refractivity contribution is 5.08. The van der Waals surface area contributed by atoms with Crippen LogP contribution in [0.15, 0.2) is 24.5 Å². The summed E-state index contributed by atoms with van der Waals surface area (Å²) in [5.74, 6) is 0. The molecule has 1 aromatic rings. The molecule has 0 bridgehead atoms. The number of hydrogen-bond donors (Lipinski definition) is 2. The molecule has 1 aliphatic carbocycles. The number of rotatable bonds is 4. The van der Waals surface area contributed by atoms with Crippen LogP contribution in [0.3, 0.4) is 0 Å². The number of nitrogens with one attached hydrogen (secondary N) is 2. The molecule has 1 aliphatic rings. The maximum absolute atomic E-state index is 4.13. The van der Waals surface area contributed by atoms with Crippen molar-refractivity contribution >= 4 is 0 Å². The van der Waals surface area contributed by atoms with Crippen LogP contribution in [0.25, 0.3) is 0 Å². The third kappa shape index (κ3) is 3.03. The average molecular weight is 219 g/mol. The molecule has 0 radical (unpaired) electrons. The van der Waals surface area contributed by atoms with E-state index in [0.29, 0.717) is 12.1 Å². The van der Waals surface area contributed by atoms with E-state index in [9.17, 15) is 0 Å². The van der Waals surface area contributed by atoms with Gasteiger partial charge in [0, 0.05) is 31.0 Å². The Morgan fingerprint density at radius 1 is 1.31 bits per heavy atom. The molecule has 1 aromatic heterocycles. The zero-order valence-corrected chi connectivity index (χ0v) is 9.95. The second-order valence-corrected chi connectivity index (χ2v) is 4.53. The molecule has 0 aromatic carbocycles. The van der Waals surface area contributed by atoms with Gasteiger partial charge in [0.05, 0.1) is 0 Å². The Morgan fingerprint density at radius 2 is 2.12 bits per heavy atom. The number of likely N-dealkylation sites (N-methyl/N-ethyl adjacent to an activating group) is 1. The predicted molar refractivity (Wildman–Crippen MR) is 66.2 cm³/mol. The summed E-state index contributed by atoms with van der Waals surface area (Å²) in [7, 11) is 2.06. The second kappa shape index (κ2) is 5.97. The van der Waals surface area contributed by atoms with Gasteiger partial charge in [0.15, 0.2) is 0 Å². The van der Waals surface area contributed by atoms with Crippen molar-refractivity contribution in [1.29, 1.82) is 0 Å². The molecule has 0 saturated heterocycles. The molecule has 2 N–H and O–H groups in total. The minimum atomic E-state index is 0.610. The molecule has 0 amide bonds. The molecule has 2 atom stereocenters. The smallest absolute Gasteiger partial charge is 0.0312 e. The highest BCUT2D eigenvalue weighted by Crippen LogP contribution is 2.18. The Bertz CT molecular complexity index is 299. The molecular formula is C13H21N3. The Kier molecular flexibility index (Phi) is 4.31. The van der Waals surface area contributed by atoms with Gasteiger partial charge in [-0.25, -0.2) is 0 Å². The molecule has 3 heteroatoms. The van der Waals surface area contributed by atoms with E-state index in [1.807, 2.05) is 18.5 Å². The van der Waals surface area contributed by atoms with Crippen LogP contribution in [0.4, 0.5) is 0 Å². The van der Waals surface area contributed by atoms with Crippen molar-refractivity contribution in [3.05, 3.63) is 30.1 Å². The number of aromatic nitrogens is 1. The molecule has 0 spiro atoms. The second-order valence-electron chi connectivity index (χ2n) is 4.53. The van der Waals surface area contributed by atoms with E-state index >= 15 is 0 Å². The van der Waals surface area contributed by atoms with Crippen molar-refractivity contribution in [2.45, 2.75) is 44.3 Å². The predicted octanol–water partition coefficient (Wildman–Crippen LogP) is 1.70. The van der Waals surface area contributed by atoms with Crippen LogP contribution in [-0.4, -0.2) is 24.1 Å². The average Bonchev–Trinajstić information content (AvgIpc) is 2.38. The SMILES string of the molecule is CNC1CCCCC1NCc1cccnc1. The number of pyridine rings is 1. The van der Waals surface area contributed by atoms with E-state index in [1.165, 1.54) is 31.2 Å². The molecule has 1 saturated carbocycles. The van der Waals surface area contributed by atoms with Gasteiger partial charge in [-0.2, -0.15) is 0 Å². The summed E-state index contributed by atoms with van der Waals surface area (Å²) in [6.45, 7) is 0.927. The summed E-state index contributed by atoms with van der Waals surface area (Å²) in [5, 5.41) is 7.05. The summed E-state index contributed by atoms with van der Waals surface area (Å²) in [6, 6.07) is 5.36. The minimum absolute atomic E-state index is 0.610. The Labute approximate surface area is 97.7 Å². The van der Waals surface area contributed by atoms with Gasteiger partial charge < -0.3 is 10.6 Å². The number of hydrogen-bond acceptors (Lipinski definition) is 3. The van der Waals surface area contributed by atoms with E-state index in [0.717, 1.165) is 6.54 Å². The normalized spacial score (nSPS) is 25.6. The lowest BCUT2D eigenvalue weighted by Gasteiger charge is -2.32. The summed E-state index contributed by atoms with van der Waals surface area (Å²) in [5.41, 5.74) is 1.27. The first-order valence-electron chi connectivity index (χ1n) is 6.19. The molecule has 2 rings (SSSR count). The summed E-state index contributed by atoms with van der Waals surface area (Å²) in [4.78, 5) is 4.13. The topological polar surface area (TPSA) is 37.0 Å².